The lowest BCUT2D eigenvalue weighted by molar-refractivity contribution is -0.119. The van der Waals surface area contributed by atoms with Gasteiger partial charge >= 0.3 is 0 Å². The van der Waals surface area contributed by atoms with Crippen molar-refractivity contribution in [2.75, 3.05) is 26.4 Å². The standard InChI is InChI=1S/C16H34O4/c1-15(2,3)9-7-14(18)20-12-11-19-10-6-8-16(4,5)13-17/h14,17-18H,6-13H2,1-5H3. The molecular weight excluding hydrogens is 256 g/mol. The molecule has 0 heterocycles. The summed E-state index contributed by atoms with van der Waals surface area (Å²) in [6.45, 7) is 12.3. The van der Waals surface area contributed by atoms with Gasteiger partial charge in [-0.2, -0.15) is 0 Å². The number of aliphatic hydroxyl groups is 2. The molecule has 0 aromatic heterocycles. The molecular formula is C16H34O4. The number of hydrogen-bond donors (Lipinski definition) is 2. The van der Waals surface area contributed by atoms with Crippen LogP contribution in [-0.2, 0) is 9.47 Å². The topological polar surface area (TPSA) is 58.9 Å². The minimum atomic E-state index is -0.689. The van der Waals surface area contributed by atoms with Gasteiger partial charge in [0.2, 0.25) is 0 Å². The van der Waals surface area contributed by atoms with Crippen LogP contribution in [0.5, 0.6) is 0 Å². The summed E-state index contributed by atoms with van der Waals surface area (Å²) in [7, 11) is 0. The van der Waals surface area contributed by atoms with Gasteiger partial charge in [0.1, 0.15) is 0 Å². The van der Waals surface area contributed by atoms with Crippen molar-refractivity contribution in [1.29, 1.82) is 0 Å². The van der Waals surface area contributed by atoms with Crippen molar-refractivity contribution in [1.82, 2.24) is 0 Å². The number of hydrogen-bond acceptors (Lipinski definition) is 4. The van der Waals surface area contributed by atoms with Crippen LogP contribution in [-0.4, -0.2) is 42.9 Å². The minimum absolute atomic E-state index is 0.0248. The monoisotopic (exact) mass is 290 g/mol. The van der Waals surface area contributed by atoms with Gasteiger partial charge in [-0.3, -0.25) is 0 Å². The van der Waals surface area contributed by atoms with E-state index >= 15 is 0 Å². The third kappa shape index (κ3) is 12.9. The van der Waals surface area contributed by atoms with E-state index in [9.17, 15) is 5.11 Å². The van der Waals surface area contributed by atoms with Crippen molar-refractivity contribution in [3.05, 3.63) is 0 Å². The van der Waals surface area contributed by atoms with Crippen LogP contribution in [0.2, 0.25) is 0 Å². The molecule has 0 aromatic rings. The molecule has 0 aliphatic rings. The Labute approximate surface area is 124 Å². The summed E-state index contributed by atoms with van der Waals surface area (Å²) < 4.78 is 10.7. The van der Waals surface area contributed by atoms with Gasteiger partial charge in [0.25, 0.3) is 0 Å². The van der Waals surface area contributed by atoms with Crippen LogP contribution in [0.4, 0.5) is 0 Å². The fraction of sp³-hybridized carbons (Fsp3) is 1.00. The van der Waals surface area contributed by atoms with Crippen molar-refractivity contribution in [3.8, 4) is 0 Å². The minimum Gasteiger partial charge on any atom is -0.396 e. The smallest absolute Gasteiger partial charge is 0.154 e. The zero-order valence-corrected chi connectivity index (χ0v) is 13.9. The first-order valence-corrected chi connectivity index (χ1v) is 7.65. The van der Waals surface area contributed by atoms with E-state index in [0.29, 0.717) is 26.2 Å². The van der Waals surface area contributed by atoms with E-state index in [-0.39, 0.29) is 17.4 Å². The average molecular weight is 290 g/mol. The van der Waals surface area contributed by atoms with Crippen LogP contribution >= 0.6 is 0 Å². The molecule has 0 saturated heterocycles. The van der Waals surface area contributed by atoms with Gasteiger partial charge in [0.15, 0.2) is 6.29 Å². The summed E-state index contributed by atoms with van der Waals surface area (Å²) in [6.07, 6.45) is 2.78. The quantitative estimate of drug-likeness (QED) is 0.454. The van der Waals surface area contributed by atoms with Gasteiger partial charge in [-0.1, -0.05) is 34.6 Å². The van der Waals surface area contributed by atoms with Crippen LogP contribution < -0.4 is 0 Å². The molecule has 0 amide bonds. The van der Waals surface area contributed by atoms with Crippen molar-refractivity contribution in [2.24, 2.45) is 10.8 Å². The number of aliphatic hydroxyl groups excluding tert-OH is 2. The zero-order chi connectivity index (χ0) is 15.6. The highest BCUT2D eigenvalue weighted by molar-refractivity contribution is 4.66. The van der Waals surface area contributed by atoms with E-state index in [2.05, 4.69) is 20.8 Å². The molecule has 0 saturated carbocycles. The van der Waals surface area contributed by atoms with E-state index in [4.69, 9.17) is 14.6 Å². The van der Waals surface area contributed by atoms with E-state index in [1.807, 2.05) is 13.8 Å². The second kappa shape index (κ2) is 9.72. The molecule has 1 unspecified atom stereocenters. The van der Waals surface area contributed by atoms with Crippen LogP contribution in [0.3, 0.4) is 0 Å². The lowest BCUT2D eigenvalue weighted by Crippen LogP contribution is -2.19. The molecule has 0 bridgehead atoms. The lowest BCUT2D eigenvalue weighted by atomic mass is 9.89. The normalized spacial score (nSPS) is 14.6. The Kier molecular flexibility index (Phi) is 9.64. The molecule has 0 aromatic carbocycles. The van der Waals surface area contributed by atoms with Crippen molar-refractivity contribution < 1.29 is 19.7 Å². The van der Waals surface area contributed by atoms with E-state index in [1.54, 1.807) is 0 Å². The second-order valence-corrected chi connectivity index (χ2v) is 7.46. The van der Waals surface area contributed by atoms with Crippen molar-refractivity contribution in [2.45, 2.75) is 66.6 Å². The molecule has 0 aliphatic carbocycles. The Morgan fingerprint density at radius 2 is 1.60 bits per heavy atom. The molecule has 20 heavy (non-hydrogen) atoms. The highest BCUT2D eigenvalue weighted by Gasteiger charge is 2.15. The summed E-state index contributed by atoms with van der Waals surface area (Å²) in [5.74, 6) is 0. The van der Waals surface area contributed by atoms with E-state index in [1.165, 1.54) is 0 Å². The molecule has 0 fully saturated rings. The van der Waals surface area contributed by atoms with Gasteiger partial charge in [-0.05, 0) is 36.5 Å². The van der Waals surface area contributed by atoms with Crippen LogP contribution in [0, 0.1) is 10.8 Å². The fourth-order valence-corrected chi connectivity index (χ4v) is 1.72. The van der Waals surface area contributed by atoms with E-state index in [0.717, 1.165) is 19.3 Å². The predicted octanol–water partition coefficient (Wildman–Crippen LogP) is 2.96. The first-order chi connectivity index (χ1) is 9.16. The van der Waals surface area contributed by atoms with E-state index < -0.39 is 6.29 Å². The highest BCUT2D eigenvalue weighted by atomic mass is 16.6. The summed E-state index contributed by atoms with van der Waals surface area (Å²) in [4.78, 5) is 0. The molecule has 0 spiro atoms. The van der Waals surface area contributed by atoms with Gasteiger partial charge in [0, 0.05) is 13.2 Å². The Hall–Kier alpha value is -0.160. The predicted molar refractivity (Wildman–Crippen MR) is 81.6 cm³/mol. The fourth-order valence-electron chi connectivity index (χ4n) is 1.72. The molecule has 4 heteroatoms. The van der Waals surface area contributed by atoms with Crippen molar-refractivity contribution >= 4 is 0 Å². The Morgan fingerprint density at radius 1 is 0.950 bits per heavy atom. The largest absolute Gasteiger partial charge is 0.396 e. The molecule has 0 aliphatic heterocycles. The Morgan fingerprint density at radius 3 is 2.15 bits per heavy atom. The molecule has 2 N–H and O–H groups in total. The first-order valence-electron chi connectivity index (χ1n) is 7.65. The van der Waals surface area contributed by atoms with Gasteiger partial charge in [-0.15, -0.1) is 0 Å². The third-order valence-electron chi connectivity index (χ3n) is 3.25. The van der Waals surface area contributed by atoms with Crippen LogP contribution in [0.1, 0.15) is 60.3 Å². The third-order valence-corrected chi connectivity index (χ3v) is 3.25. The summed E-state index contributed by atoms with van der Waals surface area (Å²) in [5.41, 5.74) is 0.198. The molecule has 0 rings (SSSR count). The maximum Gasteiger partial charge on any atom is 0.154 e. The number of rotatable bonds is 11. The van der Waals surface area contributed by atoms with Crippen molar-refractivity contribution in [3.63, 3.8) is 0 Å². The maximum atomic E-state index is 9.65. The second-order valence-electron chi connectivity index (χ2n) is 7.46. The summed E-state index contributed by atoms with van der Waals surface area (Å²) in [6, 6.07) is 0. The molecule has 4 nitrogen and oxygen atoms in total. The summed E-state index contributed by atoms with van der Waals surface area (Å²) >= 11 is 0. The van der Waals surface area contributed by atoms with Crippen LogP contribution in [0.25, 0.3) is 0 Å². The van der Waals surface area contributed by atoms with Gasteiger partial charge in [-0.25, -0.2) is 0 Å². The SMILES string of the molecule is CC(C)(C)CCC(O)OCCOCCCC(C)(C)CO. The molecule has 1 atom stereocenters. The van der Waals surface area contributed by atoms with Crippen LogP contribution in [0.15, 0.2) is 0 Å². The Balaban J connectivity index is 3.40. The highest BCUT2D eigenvalue weighted by Crippen LogP contribution is 2.22. The first kappa shape index (κ1) is 19.8. The van der Waals surface area contributed by atoms with Gasteiger partial charge in [0.05, 0.1) is 13.2 Å². The average Bonchev–Trinajstić information content (AvgIpc) is 2.34. The van der Waals surface area contributed by atoms with Gasteiger partial charge < -0.3 is 19.7 Å². The molecule has 0 radical (unpaired) electrons. The molecule has 122 valence electrons. The number of ether oxygens (including phenoxy) is 2. The lowest BCUT2D eigenvalue weighted by Gasteiger charge is -2.21. The zero-order valence-electron chi connectivity index (χ0n) is 13.9. The maximum absolute atomic E-state index is 9.65. The summed E-state index contributed by atoms with van der Waals surface area (Å²) in [5, 5.41) is 18.8. The Bertz CT molecular complexity index is 233.